The predicted octanol–water partition coefficient (Wildman–Crippen LogP) is 14.3. The molecule has 0 aliphatic heterocycles. The monoisotopic (exact) mass is 851 g/mol. The predicted molar refractivity (Wildman–Crippen MR) is 206 cm³/mol. The first kappa shape index (κ1) is 55.4. The zero-order valence-corrected chi connectivity index (χ0v) is 34.7. The summed E-state index contributed by atoms with van der Waals surface area (Å²) in [6, 6.07) is 0. The zero-order chi connectivity index (χ0) is 36.2. The normalized spacial score (nSPS) is 10.3. The van der Waals surface area contributed by atoms with E-state index in [4.69, 9.17) is 15.3 Å². The fourth-order valence-electron chi connectivity index (χ4n) is 5.82. The molecule has 0 aromatic carbocycles. The molecule has 0 atom stereocenters. The minimum Gasteiger partial charge on any atom is -0.481 e. The number of carboxylic acids is 3. The van der Waals surface area contributed by atoms with Crippen molar-refractivity contribution in [2.75, 3.05) is 0 Å². The maximum Gasteiger partial charge on any atom is 0.303 e. The molecule has 0 spiro atoms. The number of rotatable bonds is 36. The third-order valence-electron chi connectivity index (χ3n) is 8.98. The van der Waals surface area contributed by atoms with Crippen molar-refractivity contribution in [3.8, 4) is 0 Å². The molecule has 0 fully saturated rings. The molecule has 0 amide bonds. The van der Waals surface area contributed by atoms with Gasteiger partial charge in [0.05, 0.1) is 0 Å². The first-order chi connectivity index (χ1) is 23.3. The zero-order valence-electron chi connectivity index (χ0n) is 32.8. The van der Waals surface area contributed by atoms with Crippen molar-refractivity contribution < 1.29 is 67.0 Å². The van der Waals surface area contributed by atoms with Gasteiger partial charge in [0.1, 0.15) is 0 Å². The maximum absolute atomic E-state index is 10.3. The van der Waals surface area contributed by atoms with Crippen molar-refractivity contribution in [2.45, 2.75) is 252 Å². The van der Waals surface area contributed by atoms with Crippen LogP contribution in [-0.2, 0) is 14.4 Å². The third kappa shape index (κ3) is 66.5. The molecular formula is C42H84ErO6. The Morgan fingerprint density at radius 1 is 0.265 bits per heavy atom. The van der Waals surface area contributed by atoms with E-state index in [0.717, 1.165) is 38.5 Å². The topological polar surface area (TPSA) is 112 Å². The number of unbranched alkanes of at least 4 members (excludes halogenated alkanes) is 30. The quantitative estimate of drug-likeness (QED) is 0.0541. The Bertz CT molecular complexity index is 557. The summed E-state index contributed by atoms with van der Waals surface area (Å²) in [5.74, 6) is -1.97. The number of carbonyl (C=O) groups is 3. The van der Waals surface area contributed by atoms with Gasteiger partial charge in [0.15, 0.2) is 0 Å². The molecule has 6 nitrogen and oxygen atoms in total. The van der Waals surface area contributed by atoms with Gasteiger partial charge in [0, 0.05) is 56.6 Å². The molecule has 0 aromatic heterocycles. The molecule has 7 heteroatoms. The van der Waals surface area contributed by atoms with Crippen molar-refractivity contribution in [3.05, 3.63) is 0 Å². The van der Waals surface area contributed by atoms with Crippen LogP contribution in [0, 0.1) is 37.3 Å². The minimum atomic E-state index is -0.657. The number of hydrogen-bond acceptors (Lipinski definition) is 3. The summed E-state index contributed by atoms with van der Waals surface area (Å²) in [7, 11) is 0. The van der Waals surface area contributed by atoms with E-state index in [0.29, 0.717) is 19.3 Å². The van der Waals surface area contributed by atoms with Gasteiger partial charge in [0.25, 0.3) is 0 Å². The molecule has 49 heavy (non-hydrogen) atoms. The second-order valence-electron chi connectivity index (χ2n) is 14.0. The largest absolute Gasteiger partial charge is 0.481 e. The minimum absolute atomic E-state index is 0. The summed E-state index contributed by atoms with van der Waals surface area (Å²) in [5, 5.41) is 25.4. The molecule has 300 valence electrons. The summed E-state index contributed by atoms with van der Waals surface area (Å²) >= 11 is 0. The Labute approximate surface area is 334 Å². The van der Waals surface area contributed by atoms with Crippen LogP contribution in [0.2, 0.25) is 0 Å². The van der Waals surface area contributed by atoms with Crippen molar-refractivity contribution in [3.63, 3.8) is 0 Å². The van der Waals surface area contributed by atoms with E-state index in [1.807, 2.05) is 0 Å². The van der Waals surface area contributed by atoms with E-state index in [1.165, 1.54) is 173 Å². The molecule has 0 rings (SSSR count). The maximum atomic E-state index is 10.3. The molecule has 0 aliphatic rings. The van der Waals surface area contributed by atoms with Gasteiger partial charge in [-0.2, -0.15) is 0 Å². The van der Waals surface area contributed by atoms with E-state index in [2.05, 4.69) is 20.8 Å². The second kappa shape index (κ2) is 52.0. The van der Waals surface area contributed by atoms with E-state index >= 15 is 0 Å². The van der Waals surface area contributed by atoms with Crippen LogP contribution in [0.4, 0.5) is 0 Å². The standard InChI is InChI=1S/3C14H28O2.Er/c3*1-2-3-4-5-6-7-8-9-10-11-12-13-14(15)16;/h3*2-13H2,1H3,(H,15,16);. The Kier molecular flexibility index (Phi) is 58.8. The Hall–Kier alpha value is -0.343. The van der Waals surface area contributed by atoms with Crippen molar-refractivity contribution in [2.24, 2.45) is 0 Å². The number of carboxylic acid groups (broad SMARTS) is 3. The van der Waals surface area contributed by atoms with Crippen LogP contribution in [0.15, 0.2) is 0 Å². The second-order valence-corrected chi connectivity index (χ2v) is 14.0. The van der Waals surface area contributed by atoms with Crippen LogP contribution >= 0.6 is 0 Å². The fraction of sp³-hybridized carbons (Fsp3) is 0.929. The van der Waals surface area contributed by atoms with Crippen LogP contribution in [0.25, 0.3) is 0 Å². The smallest absolute Gasteiger partial charge is 0.303 e. The van der Waals surface area contributed by atoms with Gasteiger partial charge >= 0.3 is 17.9 Å². The van der Waals surface area contributed by atoms with E-state index in [-0.39, 0.29) is 37.3 Å². The van der Waals surface area contributed by atoms with Gasteiger partial charge in [-0.1, -0.05) is 213 Å². The van der Waals surface area contributed by atoms with Gasteiger partial charge in [0.2, 0.25) is 0 Å². The molecular weight excluding hydrogens is 768 g/mol. The molecule has 0 heterocycles. The van der Waals surface area contributed by atoms with Crippen LogP contribution < -0.4 is 0 Å². The van der Waals surface area contributed by atoms with Gasteiger partial charge < -0.3 is 15.3 Å². The molecule has 0 unspecified atom stereocenters. The summed E-state index contributed by atoms with van der Waals surface area (Å²) in [5.41, 5.74) is 0. The summed E-state index contributed by atoms with van der Waals surface area (Å²) in [6.07, 6.45) is 43.1. The number of aliphatic carboxylic acids is 3. The van der Waals surface area contributed by atoms with Gasteiger partial charge in [-0.15, -0.1) is 0 Å². The SMILES string of the molecule is CCCCCCCCCCCCCC(=O)O.CCCCCCCCCCCCCC(=O)O.CCCCCCCCCCCCCC(=O)O.[Er]. The van der Waals surface area contributed by atoms with E-state index in [1.54, 1.807) is 0 Å². The third-order valence-corrected chi connectivity index (χ3v) is 8.98. The summed E-state index contributed by atoms with van der Waals surface area (Å²) in [6.45, 7) is 6.74. The van der Waals surface area contributed by atoms with Gasteiger partial charge in [-0.05, 0) is 19.3 Å². The first-order valence-corrected chi connectivity index (χ1v) is 21.0. The van der Waals surface area contributed by atoms with Crippen LogP contribution in [0.1, 0.15) is 252 Å². The van der Waals surface area contributed by atoms with Gasteiger partial charge in [-0.25, -0.2) is 0 Å². The molecule has 3 N–H and O–H groups in total. The molecule has 0 radical (unpaired) electrons. The van der Waals surface area contributed by atoms with E-state index < -0.39 is 17.9 Å². The molecule has 0 aliphatic carbocycles. The molecule has 0 bridgehead atoms. The first-order valence-electron chi connectivity index (χ1n) is 21.0. The Balaban J connectivity index is -0.000000307. The summed E-state index contributed by atoms with van der Waals surface area (Å²) in [4.78, 5) is 30.8. The summed E-state index contributed by atoms with van der Waals surface area (Å²) < 4.78 is 0. The van der Waals surface area contributed by atoms with E-state index in [9.17, 15) is 14.4 Å². The van der Waals surface area contributed by atoms with Crippen molar-refractivity contribution >= 4 is 17.9 Å². The average Bonchev–Trinajstić information content (AvgIpc) is 3.05. The fourth-order valence-corrected chi connectivity index (χ4v) is 5.82. The van der Waals surface area contributed by atoms with Crippen molar-refractivity contribution in [1.82, 2.24) is 0 Å². The van der Waals surface area contributed by atoms with Crippen molar-refractivity contribution in [1.29, 1.82) is 0 Å². The Morgan fingerprint density at radius 2 is 0.388 bits per heavy atom. The Morgan fingerprint density at radius 3 is 0.510 bits per heavy atom. The average molecular weight is 852 g/mol. The molecule has 0 saturated carbocycles. The van der Waals surface area contributed by atoms with Crippen LogP contribution in [0.5, 0.6) is 0 Å². The molecule has 0 aromatic rings. The molecule has 0 saturated heterocycles. The van der Waals surface area contributed by atoms with Gasteiger partial charge in [-0.3, -0.25) is 14.4 Å². The van der Waals surface area contributed by atoms with Crippen LogP contribution in [0.3, 0.4) is 0 Å². The van der Waals surface area contributed by atoms with Crippen LogP contribution in [-0.4, -0.2) is 33.2 Å². The number of hydrogen-bond donors (Lipinski definition) is 3.